The van der Waals surface area contributed by atoms with Gasteiger partial charge in [0, 0.05) is 12.7 Å². The van der Waals surface area contributed by atoms with Crippen molar-refractivity contribution in [1.29, 1.82) is 0 Å². The molecule has 90 valence electrons. The highest BCUT2D eigenvalue weighted by Crippen LogP contribution is 2.13. The van der Waals surface area contributed by atoms with Crippen LogP contribution < -0.4 is 0 Å². The Bertz CT molecular complexity index is 537. The van der Waals surface area contributed by atoms with Gasteiger partial charge in [-0.25, -0.2) is 0 Å². The molecular formula is C13H16N2O2. The standard InChI is InChI=1S/C13H16N2O2/c1-4-10-7-11(15(3)14-10)8-12(16)13-9(2)5-6-17-13/h5-7H,4,8H2,1-3H3. The fourth-order valence-corrected chi connectivity index (χ4v) is 1.81. The summed E-state index contributed by atoms with van der Waals surface area (Å²) in [4.78, 5) is 12.0. The summed E-state index contributed by atoms with van der Waals surface area (Å²) in [7, 11) is 1.86. The van der Waals surface area contributed by atoms with Crippen LogP contribution in [-0.2, 0) is 19.9 Å². The smallest absolute Gasteiger partial charge is 0.204 e. The summed E-state index contributed by atoms with van der Waals surface area (Å²) in [6.07, 6.45) is 2.75. The molecule has 0 fully saturated rings. The zero-order chi connectivity index (χ0) is 12.4. The van der Waals surface area contributed by atoms with E-state index in [-0.39, 0.29) is 5.78 Å². The van der Waals surface area contributed by atoms with Crippen molar-refractivity contribution < 1.29 is 9.21 Å². The second kappa shape index (κ2) is 4.57. The lowest BCUT2D eigenvalue weighted by atomic mass is 10.1. The number of rotatable bonds is 4. The maximum absolute atomic E-state index is 12.0. The van der Waals surface area contributed by atoms with Crippen LogP contribution in [-0.4, -0.2) is 15.6 Å². The number of carbonyl (C=O) groups excluding carboxylic acids is 1. The van der Waals surface area contributed by atoms with Crippen LogP contribution in [0.3, 0.4) is 0 Å². The van der Waals surface area contributed by atoms with E-state index in [2.05, 4.69) is 5.10 Å². The van der Waals surface area contributed by atoms with Crippen molar-refractivity contribution in [2.75, 3.05) is 0 Å². The zero-order valence-corrected chi connectivity index (χ0v) is 10.4. The minimum atomic E-state index is -0.00171. The van der Waals surface area contributed by atoms with Crippen LogP contribution >= 0.6 is 0 Å². The molecular weight excluding hydrogens is 216 g/mol. The van der Waals surface area contributed by atoms with Gasteiger partial charge in [-0.1, -0.05) is 6.92 Å². The summed E-state index contributed by atoms with van der Waals surface area (Å²) in [6, 6.07) is 3.77. The lowest BCUT2D eigenvalue weighted by molar-refractivity contribution is 0.0963. The summed E-state index contributed by atoms with van der Waals surface area (Å²) >= 11 is 0. The lowest BCUT2D eigenvalue weighted by Crippen LogP contribution is -2.08. The van der Waals surface area contributed by atoms with Gasteiger partial charge in [-0.2, -0.15) is 5.10 Å². The van der Waals surface area contributed by atoms with Crippen molar-refractivity contribution in [3.05, 3.63) is 41.1 Å². The Kier molecular flexibility index (Phi) is 3.13. The SMILES string of the molecule is CCc1cc(CC(=O)c2occc2C)n(C)n1. The molecule has 0 radical (unpaired) electrons. The third kappa shape index (κ3) is 2.30. The molecule has 0 saturated carbocycles. The molecule has 4 heteroatoms. The molecule has 0 aliphatic heterocycles. The summed E-state index contributed by atoms with van der Waals surface area (Å²) in [5.74, 6) is 0.447. The Morgan fingerprint density at radius 2 is 2.29 bits per heavy atom. The Morgan fingerprint density at radius 3 is 2.82 bits per heavy atom. The van der Waals surface area contributed by atoms with Gasteiger partial charge in [-0.3, -0.25) is 9.48 Å². The Hall–Kier alpha value is -1.84. The molecule has 0 amide bonds. The maximum Gasteiger partial charge on any atom is 0.204 e. The van der Waals surface area contributed by atoms with Crippen molar-refractivity contribution in [1.82, 2.24) is 9.78 Å². The van der Waals surface area contributed by atoms with E-state index in [1.807, 2.05) is 27.0 Å². The van der Waals surface area contributed by atoms with E-state index in [1.165, 1.54) is 0 Å². The second-order valence-electron chi connectivity index (χ2n) is 4.14. The number of hydrogen-bond donors (Lipinski definition) is 0. The molecule has 0 atom stereocenters. The molecule has 4 nitrogen and oxygen atoms in total. The first-order valence-corrected chi connectivity index (χ1v) is 5.71. The first-order valence-electron chi connectivity index (χ1n) is 5.71. The van der Waals surface area contributed by atoms with Gasteiger partial charge >= 0.3 is 0 Å². The zero-order valence-electron chi connectivity index (χ0n) is 10.4. The minimum Gasteiger partial charge on any atom is -0.461 e. The van der Waals surface area contributed by atoms with E-state index in [9.17, 15) is 4.79 Å². The molecule has 0 unspecified atom stereocenters. The number of nitrogens with zero attached hydrogens (tertiary/aromatic N) is 2. The summed E-state index contributed by atoms with van der Waals surface area (Å²) < 4.78 is 6.95. The number of carbonyl (C=O) groups is 1. The van der Waals surface area contributed by atoms with Gasteiger partial charge in [-0.05, 0) is 31.0 Å². The summed E-state index contributed by atoms with van der Waals surface area (Å²) in [6.45, 7) is 3.92. The lowest BCUT2D eigenvalue weighted by Gasteiger charge is -2.00. The molecule has 0 aromatic carbocycles. The predicted octanol–water partition coefficient (Wildman–Crippen LogP) is 2.31. The first kappa shape index (κ1) is 11.6. The van der Waals surface area contributed by atoms with Gasteiger partial charge in [0.2, 0.25) is 5.78 Å². The molecule has 2 heterocycles. The largest absolute Gasteiger partial charge is 0.461 e. The average Bonchev–Trinajstić information content (AvgIpc) is 2.86. The van der Waals surface area contributed by atoms with Crippen molar-refractivity contribution in [2.45, 2.75) is 26.7 Å². The molecule has 0 N–H and O–H groups in total. The minimum absolute atomic E-state index is 0.00171. The molecule has 2 aromatic heterocycles. The van der Waals surface area contributed by atoms with E-state index in [0.717, 1.165) is 23.4 Å². The summed E-state index contributed by atoms with van der Waals surface area (Å²) in [5.41, 5.74) is 2.81. The highest BCUT2D eigenvalue weighted by atomic mass is 16.3. The van der Waals surface area contributed by atoms with Crippen molar-refractivity contribution in [3.63, 3.8) is 0 Å². The molecule has 2 aromatic rings. The van der Waals surface area contributed by atoms with Gasteiger partial charge in [0.15, 0.2) is 5.76 Å². The van der Waals surface area contributed by atoms with Crippen LogP contribution in [0.1, 0.15) is 34.4 Å². The van der Waals surface area contributed by atoms with Gasteiger partial charge in [-0.15, -0.1) is 0 Å². The number of aryl methyl sites for hydroxylation is 3. The van der Waals surface area contributed by atoms with Crippen molar-refractivity contribution in [3.8, 4) is 0 Å². The highest BCUT2D eigenvalue weighted by molar-refractivity contribution is 5.96. The number of hydrogen-bond acceptors (Lipinski definition) is 3. The van der Waals surface area contributed by atoms with Crippen molar-refractivity contribution >= 4 is 5.78 Å². The molecule has 17 heavy (non-hydrogen) atoms. The van der Waals surface area contributed by atoms with Gasteiger partial charge in [0.25, 0.3) is 0 Å². The highest BCUT2D eigenvalue weighted by Gasteiger charge is 2.15. The molecule has 0 saturated heterocycles. The molecule has 0 aliphatic carbocycles. The van der Waals surface area contributed by atoms with E-state index in [4.69, 9.17) is 4.42 Å². The van der Waals surface area contributed by atoms with Crippen LogP contribution in [0.15, 0.2) is 22.8 Å². The van der Waals surface area contributed by atoms with Crippen LogP contribution in [0, 0.1) is 6.92 Å². The van der Waals surface area contributed by atoms with Crippen LogP contribution in [0.25, 0.3) is 0 Å². The quantitative estimate of drug-likeness (QED) is 0.760. The number of Topliss-reactive ketones (excluding diaryl/α,β-unsaturated/α-hetero) is 1. The Balaban J connectivity index is 2.18. The van der Waals surface area contributed by atoms with E-state index < -0.39 is 0 Å². The monoisotopic (exact) mass is 232 g/mol. The number of ketones is 1. The summed E-state index contributed by atoms with van der Waals surface area (Å²) in [5, 5.41) is 4.32. The van der Waals surface area contributed by atoms with E-state index in [0.29, 0.717) is 12.2 Å². The predicted molar refractivity (Wildman–Crippen MR) is 64.1 cm³/mol. The average molecular weight is 232 g/mol. The van der Waals surface area contributed by atoms with E-state index >= 15 is 0 Å². The van der Waals surface area contributed by atoms with Crippen LogP contribution in [0.2, 0.25) is 0 Å². The molecule has 0 spiro atoms. The van der Waals surface area contributed by atoms with Crippen LogP contribution in [0.4, 0.5) is 0 Å². The number of furan rings is 1. The Morgan fingerprint density at radius 1 is 1.53 bits per heavy atom. The number of aromatic nitrogens is 2. The third-order valence-corrected chi connectivity index (χ3v) is 2.85. The molecule has 0 aliphatic rings. The molecule has 0 bridgehead atoms. The van der Waals surface area contributed by atoms with Crippen molar-refractivity contribution in [2.24, 2.45) is 7.05 Å². The van der Waals surface area contributed by atoms with Gasteiger partial charge in [0.05, 0.1) is 18.4 Å². The maximum atomic E-state index is 12.0. The Labute approximate surface area is 100 Å². The van der Waals surface area contributed by atoms with Gasteiger partial charge < -0.3 is 4.42 Å². The van der Waals surface area contributed by atoms with Gasteiger partial charge in [0.1, 0.15) is 0 Å². The topological polar surface area (TPSA) is 48.0 Å². The first-order chi connectivity index (χ1) is 8.11. The fraction of sp³-hybridized carbons (Fsp3) is 0.385. The van der Waals surface area contributed by atoms with Crippen LogP contribution in [0.5, 0.6) is 0 Å². The third-order valence-electron chi connectivity index (χ3n) is 2.85. The second-order valence-corrected chi connectivity index (χ2v) is 4.14. The van der Waals surface area contributed by atoms with E-state index in [1.54, 1.807) is 17.0 Å². The fourth-order valence-electron chi connectivity index (χ4n) is 1.81. The normalized spacial score (nSPS) is 10.8. The molecule has 2 rings (SSSR count).